The van der Waals surface area contributed by atoms with Crippen LogP contribution in [0.1, 0.15) is 30.5 Å². The molecule has 1 N–H and O–H groups in total. The van der Waals surface area contributed by atoms with Gasteiger partial charge in [-0.1, -0.05) is 29.8 Å². The van der Waals surface area contributed by atoms with Crippen LogP contribution in [0.2, 0.25) is 5.02 Å². The number of hydrogen-bond donors (Lipinski definition) is 1. The molecule has 0 saturated carbocycles. The number of halogens is 4. The third kappa shape index (κ3) is 4.05. The molecule has 3 aromatic rings. The number of anilines is 2. The van der Waals surface area contributed by atoms with E-state index in [0.29, 0.717) is 11.3 Å². The lowest BCUT2D eigenvalue weighted by Gasteiger charge is -2.24. The minimum absolute atomic E-state index is 0.0713. The SMILES string of the molecule is C[C@H]1C(=O)N(CC(=O)Nc2ccc(C(F)F)cc2)c2cc(Cl)cc(F)c2-c2cccnc21. The molecule has 32 heavy (non-hydrogen) atoms. The van der Waals surface area contributed by atoms with Gasteiger partial charge in [0.05, 0.1) is 17.3 Å². The van der Waals surface area contributed by atoms with Crippen molar-refractivity contribution in [2.24, 2.45) is 0 Å². The number of carbonyl (C=O) groups is 2. The summed E-state index contributed by atoms with van der Waals surface area (Å²) in [7, 11) is 0. The van der Waals surface area contributed by atoms with Crippen molar-refractivity contribution in [1.82, 2.24) is 4.98 Å². The van der Waals surface area contributed by atoms with Gasteiger partial charge in [-0.25, -0.2) is 13.2 Å². The highest BCUT2D eigenvalue weighted by Gasteiger charge is 2.35. The van der Waals surface area contributed by atoms with E-state index >= 15 is 0 Å². The molecule has 0 spiro atoms. The average molecular weight is 460 g/mol. The van der Waals surface area contributed by atoms with E-state index < -0.39 is 36.5 Å². The standard InChI is InChI=1S/C23H17ClF3N3O2/c1-12-21-16(3-2-8-28-21)20-17(25)9-14(24)10-18(20)30(23(12)32)11-19(31)29-15-6-4-13(5-7-15)22(26)27/h2-10,12,22H,11H2,1H3,(H,29,31)/t12-/m1/s1. The third-order valence-corrected chi connectivity index (χ3v) is 5.45. The molecule has 1 aliphatic heterocycles. The molecular weight excluding hydrogens is 443 g/mol. The van der Waals surface area contributed by atoms with E-state index in [9.17, 15) is 22.8 Å². The highest BCUT2D eigenvalue weighted by Crippen LogP contribution is 2.42. The van der Waals surface area contributed by atoms with Crippen LogP contribution < -0.4 is 10.2 Å². The molecule has 0 saturated heterocycles. The van der Waals surface area contributed by atoms with E-state index in [1.807, 2.05) is 0 Å². The van der Waals surface area contributed by atoms with E-state index in [1.165, 1.54) is 41.4 Å². The minimum atomic E-state index is -2.62. The van der Waals surface area contributed by atoms with E-state index in [2.05, 4.69) is 10.3 Å². The number of hydrogen-bond acceptors (Lipinski definition) is 3. The van der Waals surface area contributed by atoms with Gasteiger partial charge in [0.1, 0.15) is 12.4 Å². The van der Waals surface area contributed by atoms with Gasteiger partial charge in [-0.15, -0.1) is 0 Å². The lowest BCUT2D eigenvalue weighted by Crippen LogP contribution is -2.40. The smallest absolute Gasteiger partial charge is 0.263 e. The van der Waals surface area contributed by atoms with Crippen LogP contribution in [0.25, 0.3) is 11.1 Å². The second kappa shape index (κ2) is 8.63. The van der Waals surface area contributed by atoms with Crippen molar-refractivity contribution >= 4 is 34.8 Å². The summed E-state index contributed by atoms with van der Waals surface area (Å²) in [4.78, 5) is 31.4. The molecule has 0 unspecified atom stereocenters. The fourth-order valence-corrected chi connectivity index (χ4v) is 3.90. The number of amides is 2. The van der Waals surface area contributed by atoms with Crippen molar-refractivity contribution in [2.45, 2.75) is 19.3 Å². The monoisotopic (exact) mass is 459 g/mol. The number of nitrogens with one attached hydrogen (secondary N) is 1. The summed E-state index contributed by atoms with van der Waals surface area (Å²) in [5.74, 6) is -2.42. The molecule has 4 rings (SSSR count). The zero-order valence-corrected chi connectivity index (χ0v) is 17.5. The van der Waals surface area contributed by atoms with Crippen LogP contribution in [-0.2, 0) is 9.59 Å². The van der Waals surface area contributed by atoms with E-state index in [4.69, 9.17) is 11.6 Å². The van der Waals surface area contributed by atoms with Crippen molar-refractivity contribution in [3.05, 3.63) is 76.8 Å². The number of aromatic nitrogens is 1. The first-order valence-corrected chi connectivity index (χ1v) is 10.1. The fraction of sp³-hybridized carbons (Fsp3) is 0.174. The Hall–Kier alpha value is -3.39. The van der Waals surface area contributed by atoms with Gasteiger partial charge < -0.3 is 10.2 Å². The van der Waals surface area contributed by atoms with E-state index in [0.717, 1.165) is 6.07 Å². The van der Waals surface area contributed by atoms with Crippen molar-refractivity contribution in [3.8, 4) is 11.1 Å². The quantitative estimate of drug-likeness (QED) is 0.555. The summed E-state index contributed by atoms with van der Waals surface area (Å²) in [5, 5.41) is 2.64. The Bertz CT molecular complexity index is 1200. The second-order valence-electron chi connectivity index (χ2n) is 7.33. The molecule has 0 bridgehead atoms. The van der Waals surface area contributed by atoms with Crippen molar-refractivity contribution in [3.63, 3.8) is 0 Å². The molecule has 164 valence electrons. The van der Waals surface area contributed by atoms with Crippen LogP contribution in [0.4, 0.5) is 24.5 Å². The molecule has 2 aromatic carbocycles. The second-order valence-corrected chi connectivity index (χ2v) is 7.77. The molecule has 0 aliphatic carbocycles. The summed E-state index contributed by atoms with van der Waals surface area (Å²) in [5.41, 5.74) is 1.24. The Labute approximate surface area is 186 Å². The predicted octanol–water partition coefficient (Wildman–Crippen LogP) is 5.57. The summed E-state index contributed by atoms with van der Waals surface area (Å²) >= 11 is 6.06. The highest BCUT2D eigenvalue weighted by molar-refractivity contribution is 6.31. The Morgan fingerprint density at radius 3 is 2.62 bits per heavy atom. The molecule has 0 radical (unpaired) electrons. The molecule has 1 aliphatic rings. The van der Waals surface area contributed by atoms with Crippen LogP contribution in [0.15, 0.2) is 54.7 Å². The Balaban J connectivity index is 1.69. The first-order valence-electron chi connectivity index (χ1n) is 9.70. The topological polar surface area (TPSA) is 62.3 Å². The maximum atomic E-state index is 15.0. The normalized spacial score (nSPS) is 15.2. The molecule has 9 heteroatoms. The van der Waals surface area contributed by atoms with Gasteiger partial charge in [0.25, 0.3) is 6.43 Å². The van der Waals surface area contributed by atoms with Gasteiger partial charge in [0.15, 0.2) is 0 Å². The molecule has 5 nitrogen and oxygen atoms in total. The zero-order valence-electron chi connectivity index (χ0n) is 16.8. The van der Waals surface area contributed by atoms with Crippen molar-refractivity contribution in [1.29, 1.82) is 0 Å². The average Bonchev–Trinajstić information content (AvgIpc) is 2.84. The lowest BCUT2D eigenvalue weighted by atomic mass is 9.97. The number of carbonyl (C=O) groups excluding carboxylic acids is 2. The van der Waals surface area contributed by atoms with Crippen LogP contribution in [0.5, 0.6) is 0 Å². The van der Waals surface area contributed by atoms with Gasteiger partial charge in [-0.2, -0.15) is 0 Å². The summed E-state index contributed by atoms with van der Waals surface area (Å²) < 4.78 is 40.5. The number of pyridine rings is 1. The Kier molecular flexibility index (Phi) is 5.88. The summed E-state index contributed by atoms with van der Waals surface area (Å²) in [6, 6.07) is 11.0. The maximum absolute atomic E-state index is 15.0. The van der Waals surface area contributed by atoms with Crippen LogP contribution >= 0.6 is 11.6 Å². The van der Waals surface area contributed by atoms with Crippen molar-refractivity contribution in [2.75, 3.05) is 16.8 Å². The van der Waals surface area contributed by atoms with E-state index in [-0.39, 0.29) is 27.5 Å². The molecule has 1 atom stereocenters. The van der Waals surface area contributed by atoms with Crippen LogP contribution in [0, 0.1) is 5.82 Å². The number of fused-ring (bicyclic) bond motifs is 3. The first kappa shape index (κ1) is 21.8. The number of alkyl halides is 2. The number of nitrogens with zero attached hydrogens (tertiary/aromatic N) is 2. The highest BCUT2D eigenvalue weighted by atomic mass is 35.5. The minimum Gasteiger partial charge on any atom is -0.325 e. The maximum Gasteiger partial charge on any atom is 0.263 e. The van der Waals surface area contributed by atoms with Gasteiger partial charge in [-0.3, -0.25) is 14.6 Å². The number of rotatable bonds is 4. The largest absolute Gasteiger partial charge is 0.325 e. The zero-order chi connectivity index (χ0) is 23.0. The first-order chi connectivity index (χ1) is 15.3. The van der Waals surface area contributed by atoms with Gasteiger partial charge in [-0.05, 0) is 37.3 Å². The predicted molar refractivity (Wildman–Crippen MR) is 115 cm³/mol. The van der Waals surface area contributed by atoms with Gasteiger partial charge in [0, 0.05) is 33.6 Å². The Morgan fingerprint density at radius 1 is 1.22 bits per heavy atom. The van der Waals surface area contributed by atoms with Gasteiger partial charge >= 0.3 is 0 Å². The third-order valence-electron chi connectivity index (χ3n) is 5.23. The van der Waals surface area contributed by atoms with Crippen molar-refractivity contribution < 1.29 is 22.8 Å². The van der Waals surface area contributed by atoms with Gasteiger partial charge in [0.2, 0.25) is 11.8 Å². The van der Waals surface area contributed by atoms with Crippen LogP contribution in [-0.4, -0.2) is 23.3 Å². The Morgan fingerprint density at radius 2 is 1.94 bits per heavy atom. The molecule has 1 aromatic heterocycles. The van der Waals surface area contributed by atoms with Crippen LogP contribution in [0.3, 0.4) is 0 Å². The molecule has 0 fully saturated rings. The molecule has 2 heterocycles. The molecular formula is C23H17ClF3N3O2. The summed E-state index contributed by atoms with van der Waals surface area (Å²) in [6.07, 6.45) is -1.11. The number of benzene rings is 2. The fourth-order valence-electron chi connectivity index (χ4n) is 3.70. The summed E-state index contributed by atoms with van der Waals surface area (Å²) in [6.45, 7) is 1.20. The molecule has 2 amide bonds. The van der Waals surface area contributed by atoms with E-state index in [1.54, 1.807) is 19.1 Å². The lowest BCUT2D eigenvalue weighted by molar-refractivity contribution is -0.122.